The summed E-state index contributed by atoms with van der Waals surface area (Å²) in [4.78, 5) is 10.9. The Kier molecular flexibility index (Phi) is 3.10. The molecule has 0 saturated heterocycles. The van der Waals surface area contributed by atoms with E-state index in [0.29, 0.717) is 11.3 Å². The number of carbonyl (C=O) groups is 1. The summed E-state index contributed by atoms with van der Waals surface area (Å²) in [5, 5.41) is 0. The van der Waals surface area contributed by atoms with Crippen molar-refractivity contribution < 1.29 is 9.53 Å². The number of aryl methyl sites for hydroxylation is 1. The summed E-state index contributed by atoms with van der Waals surface area (Å²) in [7, 11) is 0. The van der Waals surface area contributed by atoms with E-state index in [4.69, 9.17) is 10.5 Å². The maximum Gasteiger partial charge on any atom is 0.248 e. The standard InChI is InChI=1S/C14H13NO2/c1-10-4-2-3-5-13(10)17-12-8-6-11(7-9-12)14(15)16/h2-9H,1H3,(H2,15,16). The zero-order valence-corrected chi connectivity index (χ0v) is 9.51. The Labute approximate surface area is 99.8 Å². The fourth-order valence-electron chi connectivity index (χ4n) is 1.49. The summed E-state index contributed by atoms with van der Waals surface area (Å²) in [6.07, 6.45) is 0. The normalized spacial score (nSPS) is 9.94. The lowest BCUT2D eigenvalue weighted by Gasteiger charge is -2.08. The number of nitrogens with two attached hydrogens (primary N) is 1. The monoisotopic (exact) mass is 227 g/mol. The van der Waals surface area contributed by atoms with Gasteiger partial charge in [0.2, 0.25) is 5.91 Å². The van der Waals surface area contributed by atoms with Gasteiger partial charge in [0, 0.05) is 5.56 Å². The van der Waals surface area contributed by atoms with Gasteiger partial charge in [-0.05, 0) is 42.8 Å². The Balaban J connectivity index is 2.20. The van der Waals surface area contributed by atoms with Crippen LogP contribution in [0.25, 0.3) is 0 Å². The van der Waals surface area contributed by atoms with Crippen LogP contribution in [0.5, 0.6) is 11.5 Å². The van der Waals surface area contributed by atoms with Crippen LogP contribution in [0, 0.1) is 6.92 Å². The van der Waals surface area contributed by atoms with Gasteiger partial charge in [0.1, 0.15) is 11.5 Å². The fourth-order valence-corrected chi connectivity index (χ4v) is 1.49. The number of benzene rings is 2. The molecule has 0 atom stereocenters. The summed E-state index contributed by atoms with van der Waals surface area (Å²) in [5.41, 5.74) is 6.70. The first-order chi connectivity index (χ1) is 8.16. The minimum Gasteiger partial charge on any atom is -0.457 e. The highest BCUT2D eigenvalue weighted by molar-refractivity contribution is 5.92. The number of hydrogen-bond acceptors (Lipinski definition) is 2. The molecule has 0 heterocycles. The highest BCUT2D eigenvalue weighted by Crippen LogP contribution is 2.24. The predicted octanol–water partition coefficient (Wildman–Crippen LogP) is 2.89. The molecule has 3 nitrogen and oxygen atoms in total. The van der Waals surface area contributed by atoms with Crippen LogP contribution < -0.4 is 10.5 Å². The average molecular weight is 227 g/mol. The fraction of sp³-hybridized carbons (Fsp3) is 0.0714. The Morgan fingerprint density at radius 3 is 2.29 bits per heavy atom. The maximum absolute atomic E-state index is 10.9. The molecule has 0 saturated carbocycles. The molecule has 17 heavy (non-hydrogen) atoms. The van der Waals surface area contributed by atoms with Crippen LogP contribution in [-0.4, -0.2) is 5.91 Å². The van der Waals surface area contributed by atoms with Gasteiger partial charge in [-0.1, -0.05) is 18.2 Å². The molecule has 2 aromatic carbocycles. The summed E-state index contributed by atoms with van der Waals surface area (Å²) >= 11 is 0. The van der Waals surface area contributed by atoms with Crippen molar-refractivity contribution in [3.05, 3.63) is 59.7 Å². The minimum atomic E-state index is -0.438. The molecule has 0 aliphatic heterocycles. The number of para-hydroxylation sites is 1. The smallest absolute Gasteiger partial charge is 0.248 e. The third-order valence-electron chi connectivity index (χ3n) is 2.46. The second-order valence-corrected chi connectivity index (χ2v) is 3.76. The van der Waals surface area contributed by atoms with Crippen molar-refractivity contribution in [3.8, 4) is 11.5 Å². The third-order valence-corrected chi connectivity index (χ3v) is 2.46. The summed E-state index contributed by atoms with van der Waals surface area (Å²) in [6.45, 7) is 1.98. The van der Waals surface area contributed by atoms with Crippen molar-refractivity contribution >= 4 is 5.91 Å². The van der Waals surface area contributed by atoms with E-state index in [1.807, 2.05) is 31.2 Å². The topological polar surface area (TPSA) is 52.3 Å². The lowest BCUT2D eigenvalue weighted by molar-refractivity contribution is 0.100. The van der Waals surface area contributed by atoms with Crippen molar-refractivity contribution in [2.24, 2.45) is 5.73 Å². The predicted molar refractivity (Wildman–Crippen MR) is 66.2 cm³/mol. The van der Waals surface area contributed by atoms with Crippen molar-refractivity contribution in [2.45, 2.75) is 6.92 Å². The van der Waals surface area contributed by atoms with E-state index in [9.17, 15) is 4.79 Å². The molecule has 2 aromatic rings. The minimum absolute atomic E-state index is 0.438. The Morgan fingerprint density at radius 2 is 1.71 bits per heavy atom. The van der Waals surface area contributed by atoms with Crippen molar-refractivity contribution in [3.63, 3.8) is 0 Å². The van der Waals surface area contributed by atoms with Crippen LogP contribution in [0.3, 0.4) is 0 Å². The molecule has 0 bridgehead atoms. The summed E-state index contributed by atoms with van der Waals surface area (Å²) in [5.74, 6) is 1.05. The van der Waals surface area contributed by atoms with E-state index in [-0.39, 0.29) is 0 Å². The molecule has 2 N–H and O–H groups in total. The van der Waals surface area contributed by atoms with Gasteiger partial charge < -0.3 is 10.5 Å². The molecule has 0 radical (unpaired) electrons. The first-order valence-electron chi connectivity index (χ1n) is 5.30. The van der Waals surface area contributed by atoms with E-state index < -0.39 is 5.91 Å². The maximum atomic E-state index is 10.9. The van der Waals surface area contributed by atoms with Gasteiger partial charge in [-0.3, -0.25) is 4.79 Å². The van der Waals surface area contributed by atoms with E-state index in [1.165, 1.54) is 0 Å². The molecule has 3 heteroatoms. The number of hydrogen-bond donors (Lipinski definition) is 1. The molecule has 0 aliphatic carbocycles. The van der Waals surface area contributed by atoms with Crippen molar-refractivity contribution in [1.82, 2.24) is 0 Å². The van der Waals surface area contributed by atoms with Crippen LogP contribution in [0.15, 0.2) is 48.5 Å². The van der Waals surface area contributed by atoms with Gasteiger partial charge in [0.25, 0.3) is 0 Å². The molecule has 0 spiro atoms. The van der Waals surface area contributed by atoms with Crippen molar-refractivity contribution in [2.75, 3.05) is 0 Å². The SMILES string of the molecule is Cc1ccccc1Oc1ccc(C(N)=O)cc1. The van der Waals surface area contributed by atoms with Crippen LogP contribution in [0.2, 0.25) is 0 Å². The molecule has 2 rings (SSSR count). The molecule has 0 fully saturated rings. The third kappa shape index (κ3) is 2.64. The molecule has 0 aromatic heterocycles. The summed E-state index contributed by atoms with van der Waals surface area (Å²) < 4.78 is 5.69. The highest BCUT2D eigenvalue weighted by atomic mass is 16.5. The highest BCUT2D eigenvalue weighted by Gasteiger charge is 2.02. The number of primary amides is 1. The molecule has 86 valence electrons. The summed E-state index contributed by atoms with van der Waals surface area (Å²) in [6, 6.07) is 14.5. The van der Waals surface area contributed by atoms with E-state index in [2.05, 4.69) is 0 Å². The quantitative estimate of drug-likeness (QED) is 0.876. The van der Waals surface area contributed by atoms with Gasteiger partial charge in [0.05, 0.1) is 0 Å². The first kappa shape index (κ1) is 11.2. The molecule has 0 aliphatic rings. The molecule has 0 unspecified atom stereocenters. The van der Waals surface area contributed by atoms with E-state index in [0.717, 1.165) is 11.3 Å². The molecule has 1 amide bonds. The van der Waals surface area contributed by atoms with Gasteiger partial charge in [-0.15, -0.1) is 0 Å². The lowest BCUT2D eigenvalue weighted by Crippen LogP contribution is -2.10. The van der Waals surface area contributed by atoms with Crippen LogP contribution >= 0.6 is 0 Å². The zero-order chi connectivity index (χ0) is 12.3. The second kappa shape index (κ2) is 4.70. The van der Waals surface area contributed by atoms with Crippen LogP contribution in [-0.2, 0) is 0 Å². The van der Waals surface area contributed by atoms with Gasteiger partial charge >= 0.3 is 0 Å². The largest absolute Gasteiger partial charge is 0.457 e. The number of amides is 1. The Bertz CT molecular complexity index is 532. The lowest BCUT2D eigenvalue weighted by atomic mass is 10.2. The number of rotatable bonds is 3. The van der Waals surface area contributed by atoms with Gasteiger partial charge in [-0.25, -0.2) is 0 Å². The van der Waals surface area contributed by atoms with Crippen LogP contribution in [0.4, 0.5) is 0 Å². The average Bonchev–Trinajstić information content (AvgIpc) is 2.33. The van der Waals surface area contributed by atoms with E-state index in [1.54, 1.807) is 24.3 Å². The van der Waals surface area contributed by atoms with Crippen LogP contribution in [0.1, 0.15) is 15.9 Å². The van der Waals surface area contributed by atoms with Gasteiger partial charge in [-0.2, -0.15) is 0 Å². The Morgan fingerprint density at radius 1 is 1.06 bits per heavy atom. The number of ether oxygens (including phenoxy) is 1. The van der Waals surface area contributed by atoms with Crippen molar-refractivity contribution in [1.29, 1.82) is 0 Å². The Hall–Kier alpha value is -2.29. The second-order valence-electron chi connectivity index (χ2n) is 3.76. The molecular formula is C14H13NO2. The van der Waals surface area contributed by atoms with Gasteiger partial charge in [0.15, 0.2) is 0 Å². The van der Waals surface area contributed by atoms with E-state index >= 15 is 0 Å². The first-order valence-corrected chi connectivity index (χ1v) is 5.30. The number of carbonyl (C=O) groups excluding carboxylic acids is 1. The molecular weight excluding hydrogens is 214 g/mol. The zero-order valence-electron chi connectivity index (χ0n) is 9.51.